The molecule has 41 heavy (non-hydrogen) atoms. The zero-order valence-corrected chi connectivity index (χ0v) is 22.6. The summed E-state index contributed by atoms with van der Waals surface area (Å²) in [6, 6.07) is 6.56. The number of carbonyl (C=O) groups is 3. The average molecular weight is 588 g/mol. The van der Waals surface area contributed by atoms with E-state index in [1.165, 1.54) is 43.3 Å². The molecule has 14 heteroatoms. The highest BCUT2D eigenvalue weighted by molar-refractivity contribution is 7.92. The number of ketones is 2. The summed E-state index contributed by atoms with van der Waals surface area (Å²) in [6.07, 6.45) is -0.492. The number of nitrogens with zero attached hydrogens (tertiary/aromatic N) is 1. The number of benzene rings is 2. The number of fused-ring (bicyclic) bond motifs is 3. The summed E-state index contributed by atoms with van der Waals surface area (Å²) in [5.41, 5.74) is -0.565. The number of nitrogens with two attached hydrogens (primary N) is 1. The molecule has 0 fully saturated rings. The van der Waals surface area contributed by atoms with Gasteiger partial charge in [-0.15, -0.1) is 0 Å². The van der Waals surface area contributed by atoms with E-state index < -0.39 is 96.5 Å². The molecule has 12 nitrogen and oxygen atoms in total. The normalized spacial score (nSPS) is 26.0. The Bertz CT molecular complexity index is 1700. The van der Waals surface area contributed by atoms with Gasteiger partial charge in [0.15, 0.2) is 17.1 Å². The Labute approximate surface area is 233 Å². The number of amides is 1. The van der Waals surface area contributed by atoms with Gasteiger partial charge in [-0.3, -0.25) is 24.0 Å². The van der Waals surface area contributed by atoms with Gasteiger partial charge in [-0.25, -0.2) is 12.8 Å². The number of hydrogen-bond donors (Lipinski definition) is 6. The van der Waals surface area contributed by atoms with E-state index in [1.54, 1.807) is 6.07 Å². The molecule has 2 aromatic rings. The standard InChI is InChI=1S/C27H26FN3O9S/c1-31(2)20-14-9-11-8-13-15(28)10-16(30-41(39,40)12-6-4-3-5-7-12)21(32)18(13)22(33)17(11)24(35)27(14,38)25(36)19(23(20)34)26(29)37/h3-7,10-11,14,20,30,32,34-35,38H,8-9H2,1-2H3,(H2,29,37)/t11-,14-,20-,27-/m0/s1. The third-order valence-corrected chi connectivity index (χ3v) is 9.35. The first-order valence-corrected chi connectivity index (χ1v) is 13.9. The number of aliphatic hydroxyl groups excluding tert-OH is 2. The van der Waals surface area contributed by atoms with Gasteiger partial charge in [0.2, 0.25) is 5.78 Å². The minimum Gasteiger partial charge on any atom is -0.510 e. The number of carbonyl (C=O) groups excluding carboxylic acids is 3. The maximum absolute atomic E-state index is 15.4. The third kappa shape index (κ3) is 4.01. The summed E-state index contributed by atoms with van der Waals surface area (Å²) in [7, 11) is -1.33. The Morgan fingerprint density at radius 1 is 1.15 bits per heavy atom. The van der Waals surface area contributed by atoms with Gasteiger partial charge in [-0.1, -0.05) is 18.2 Å². The smallest absolute Gasteiger partial charge is 0.262 e. The SMILES string of the molecule is CN(C)[C@@H]1C(O)=C(C(N)=O)C(=O)[C@@]2(O)C(O)=C3C(=O)c4c(O)c(NS(=O)(=O)c5ccccc5)cc(F)c4C[C@H]3C[C@@H]12. The van der Waals surface area contributed by atoms with E-state index in [9.17, 15) is 43.2 Å². The monoisotopic (exact) mass is 587 g/mol. The lowest BCUT2D eigenvalue weighted by molar-refractivity contribution is -0.148. The summed E-state index contributed by atoms with van der Waals surface area (Å²) in [5, 5.41) is 44.7. The van der Waals surface area contributed by atoms with Gasteiger partial charge in [0, 0.05) is 23.1 Å². The van der Waals surface area contributed by atoms with Crippen molar-refractivity contribution in [2.24, 2.45) is 17.6 Å². The van der Waals surface area contributed by atoms with Crippen LogP contribution in [0.25, 0.3) is 0 Å². The van der Waals surface area contributed by atoms with Gasteiger partial charge in [0.25, 0.3) is 15.9 Å². The number of Topliss-reactive ketones (excluding diaryl/α,β-unsaturated/α-hetero) is 2. The fraction of sp³-hybridized carbons (Fsp3) is 0.296. The van der Waals surface area contributed by atoms with Crippen molar-refractivity contribution in [3.63, 3.8) is 0 Å². The van der Waals surface area contributed by atoms with Crippen LogP contribution in [0, 0.1) is 17.7 Å². The molecule has 0 radical (unpaired) electrons. The second kappa shape index (κ2) is 9.39. The third-order valence-electron chi connectivity index (χ3n) is 7.97. The van der Waals surface area contributed by atoms with Crippen molar-refractivity contribution in [1.29, 1.82) is 0 Å². The first-order valence-electron chi connectivity index (χ1n) is 12.4. The fourth-order valence-electron chi connectivity index (χ4n) is 6.15. The lowest BCUT2D eigenvalue weighted by atomic mass is 9.58. The van der Waals surface area contributed by atoms with Crippen LogP contribution in [0.2, 0.25) is 0 Å². The van der Waals surface area contributed by atoms with Gasteiger partial charge in [0.1, 0.15) is 22.9 Å². The molecule has 0 heterocycles. The minimum atomic E-state index is -4.31. The van der Waals surface area contributed by atoms with E-state index in [0.717, 1.165) is 6.07 Å². The number of anilines is 1. The van der Waals surface area contributed by atoms with E-state index in [4.69, 9.17) is 5.73 Å². The van der Waals surface area contributed by atoms with Crippen LogP contribution >= 0.6 is 0 Å². The van der Waals surface area contributed by atoms with Crippen LogP contribution in [-0.4, -0.2) is 77.0 Å². The first kappa shape index (κ1) is 28.3. The summed E-state index contributed by atoms with van der Waals surface area (Å²) in [6.45, 7) is 0. The predicted molar refractivity (Wildman–Crippen MR) is 141 cm³/mol. The van der Waals surface area contributed by atoms with Crippen LogP contribution in [0.1, 0.15) is 22.3 Å². The quantitative estimate of drug-likeness (QED) is 0.217. The number of hydrogen-bond acceptors (Lipinski definition) is 10. The number of phenolic OH excluding ortho intramolecular Hbond substituents is 1. The van der Waals surface area contributed by atoms with Crippen LogP contribution in [0.3, 0.4) is 0 Å². The van der Waals surface area contributed by atoms with Crippen molar-refractivity contribution >= 4 is 33.2 Å². The van der Waals surface area contributed by atoms with Crippen LogP contribution in [-0.2, 0) is 26.0 Å². The van der Waals surface area contributed by atoms with Crippen LogP contribution in [0.5, 0.6) is 5.75 Å². The molecular formula is C27H26FN3O9S. The average Bonchev–Trinajstić information content (AvgIpc) is 2.89. The Hall–Kier alpha value is -4.27. The van der Waals surface area contributed by atoms with Crippen LogP contribution in [0.15, 0.2) is 64.0 Å². The molecule has 1 amide bonds. The van der Waals surface area contributed by atoms with E-state index in [0.29, 0.717) is 0 Å². The zero-order chi connectivity index (χ0) is 30.2. The molecule has 0 saturated heterocycles. The van der Waals surface area contributed by atoms with Crippen molar-refractivity contribution in [3.05, 3.63) is 76.0 Å². The molecule has 0 spiro atoms. The molecule has 0 bridgehead atoms. The maximum atomic E-state index is 15.4. The molecule has 0 saturated carbocycles. The highest BCUT2D eigenvalue weighted by Crippen LogP contribution is 2.53. The molecule has 7 N–H and O–H groups in total. The lowest BCUT2D eigenvalue weighted by Gasteiger charge is -2.50. The van der Waals surface area contributed by atoms with Gasteiger partial charge in [-0.2, -0.15) is 0 Å². The Morgan fingerprint density at radius 3 is 2.37 bits per heavy atom. The van der Waals surface area contributed by atoms with Gasteiger partial charge >= 0.3 is 0 Å². The van der Waals surface area contributed by atoms with Crippen molar-refractivity contribution in [3.8, 4) is 5.75 Å². The molecule has 0 aliphatic heterocycles. The number of primary amides is 1. The number of halogens is 1. The van der Waals surface area contributed by atoms with E-state index in [-0.39, 0.29) is 23.3 Å². The fourth-order valence-corrected chi connectivity index (χ4v) is 7.23. The Balaban J connectivity index is 1.66. The van der Waals surface area contributed by atoms with E-state index in [2.05, 4.69) is 4.72 Å². The highest BCUT2D eigenvalue weighted by atomic mass is 32.2. The number of aromatic hydroxyl groups is 1. The first-order chi connectivity index (χ1) is 19.1. The van der Waals surface area contributed by atoms with Gasteiger partial charge in [0.05, 0.1) is 22.2 Å². The van der Waals surface area contributed by atoms with Crippen molar-refractivity contribution < 1.29 is 47.6 Å². The number of likely N-dealkylation sites (N-methyl/N-ethyl adjacent to an activating group) is 1. The number of phenols is 1. The van der Waals surface area contributed by atoms with Gasteiger partial charge < -0.3 is 26.2 Å². The van der Waals surface area contributed by atoms with Crippen LogP contribution < -0.4 is 10.5 Å². The minimum absolute atomic E-state index is 0.197. The molecule has 3 aliphatic carbocycles. The Morgan fingerprint density at radius 2 is 1.78 bits per heavy atom. The van der Waals surface area contributed by atoms with E-state index >= 15 is 4.39 Å². The topological polar surface area (TPSA) is 208 Å². The maximum Gasteiger partial charge on any atom is 0.262 e. The number of rotatable bonds is 5. The van der Waals surface area contributed by atoms with E-state index in [1.807, 2.05) is 0 Å². The zero-order valence-electron chi connectivity index (χ0n) is 21.8. The van der Waals surface area contributed by atoms with Crippen molar-refractivity contribution in [2.75, 3.05) is 18.8 Å². The molecular weight excluding hydrogens is 561 g/mol. The summed E-state index contributed by atoms with van der Waals surface area (Å²) in [5.74, 6) is -9.92. The second-order valence-corrected chi connectivity index (χ2v) is 12.2. The van der Waals surface area contributed by atoms with Gasteiger partial charge in [-0.05, 0) is 45.0 Å². The Kier molecular flexibility index (Phi) is 6.48. The highest BCUT2D eigenvalue weighted by Gasteiger charge is 2.63. The molecule has 0 unspecified atom stereocenters. The summed E-state index contributed by atoms with van der Waals surface area (Å²) in [4.78, 5) is 40.3. The van der Waals surface area contributed by atoms with Crippen molar-refractivity contribution in [1.82, 2.24) is 4.90 Å². The molecule has 2 aromatic carbocycles. The number of allylic oxidation sites excluding steroid dienone is 1. The molecule has 4 atom stereocenters. The van der Waals surface area contributed by atoms with Crippen LogP contribution in [0.4, 0.5) is 10.1 Å². The lowest BCUT2D eigenvalue weighted by Crippen LogP contribution is -2.63. The van der Waals surface area contributed by atoms with Crippen molar-refractivity contribution in [2.45, 2.75) is 29.4 Å². The molecule has 3 aliphatic rings. The largest absolute Gasteiger partial charge is 0.510 e. The summed E-state index contributed by atoms with van der Waals surface area (Å²) < 4.78 is 43.1. The number of sulfonamides is 1. The molecule has 0 aromatic heterocycles. The predicted octanol–water partition coefficient (Wildman–Crippen LogP) is 1.06. The number of aliphatic hydroxyl groups is 3. The molecule has 5 rings (SSSR count). The second-order valence-electron chi connectivity index (χ2n) is 10.5. The number of nitrogens with one attached hydrogen (secondary N) is 1. The molecule has 216 valence electrons. The summed E-state index contributed by atoms with van der Waals surface area (Å²) >= 11 is 0.